The lowest BCUT2D eigenvalue weighted by molar-refractivity contribution is 0.129. The Morgan fingerprint density at radius 2 is 1.67 bits per heavy atom. The number of hydrogen-bond donors (Lipinski definition) is 0. The van der Waals surface area contributed by atoms with Crippen molar-refractivity contribution in [2.75, 3.05) is 13.2 Å². The lowest BCUT2D eigenvalue weighted by Gasteiger charge is -2.35. The smallest absolute Gasteiger partial charge is 0.413 e. The Bertz CT molecular complexity index is 475. The molecule has 0 saturated heterocycles. The van der Waals surface area contributed by atoms with Gasteiger partial charge in [-0.15, -0.1) is 0 Å². The first-order valence-corrected chi connectivity index (χ1v) is 12.6. The highest BCUT2D eigenvalue weighted by molar-refractivity contribution is 6.86. The third-order valence-electron chi connectivity index (χ3n) is 2.93. The molecule has 0 unspecified atom stereocenters. The summed E-state index contributed by atoms with van der Waals surface area (Å²) in [6.45, 7) is 17.5. The minimum absolute atomic E-state index is 0.583. The van der Waals surface area contributed by atoms with Gasteiger partial charge in [0.05, 0.1) is 0 Å². The van der Waals surface area contributed by atoms with Gasteiger partial charge in [-0.05, 0) is 51.5 Å². The van der Waals surface area contributed by atoms with Crippen molar-refractivity contribution >= 4 is 28.4 Å². The van der Waals surface area contributed by atoms with Crippen LogP contribution in [0.4, 0.5) is 0 Å². The molecule has 0 bridgehead atoms. The van der Waals surface area contributed by atoms with Crippen LogP contribution >= 0.6 is 0 Å². The maximum atomic E-state index is 6.45. The van der Waals surface area contributed by atoms with E-state index in [2.05, 4.69) is 45.3 Å². The highest BCUT2D eigenvalue weighted by Gasteiger charge is 2.47. The normalized spacial score (nSPS) is 12.5. The lowest BCUT2D eigenvalue weighted by Crippen LogP contribution is -2.61. The van der Waals surface area contributed by atoms with Crippen molar-refractivity contribution in [3.63, 3.8) is 0 Å². The molecule has 1 rings (SSSR count). The maximum Gasteiger partial charge on any atom is 0.526 e. The molecule has 21 heavy (non-hydrogen) atoms. The van der Waals surface area contributed by atoms with Crippen molar-refractivity contribution in [2.24, 2.45) is 0 Å². The van der Waals surface area contributed by atoms with Crippen LogP contribution in [0.25, 0.3) is 6.08 Å². The molecule has 3 nitrogen and oxygen atoms in total. The van der Waals surface area contributed by atoms with E-state index in [9.17, 15) is 0 Å². The molecule has 1 aromatic rings. The van der Waals surface area contributed by atoms with Gasteiger partial charge in [-0.2, -0.15) is 0 Å². The molecule has 0 aromatic heterocycles. The van der Waals surface area contributed by atoms with Gasteiger partial charge in [-0.3, -0.25) is 0 Å². The van der Waals surface area contributed by atoms with Crippen molar-refractivity contribution < 1.29 is 13.0 Å². The first-order valence-electron chi connectivity index (χ1n) is 7.49. The van der Waals surface area contributed by atoms with Gasteiger partial charge in [0.1, 0.15) is 0 Å². The van der Waals surface area contributed by atoms with E-state index in [-0.39, 0.29) is 0 Å². The summed E-state index contributed by atoms with van der Waals surface area (Å²) in [6, 6.07) is 6.22. The Morgan fingerprint density at radius 3 is 2.05 bits per heavy atom. The topological polar surface area (TPSA) is 27.7 Å². The number of benzene rings is 1. The average molecular weight is 325 g/mol. The van der Waals surface area contributed by atoms with Crippen LogP contribution in [0, 0.1) is 6.92 Å². The van der Waals surface area contributed by atoms with E-state index in [0.717, 1.165) is 16.3 Å². The Kier molecular flexibility index (Phi) is 6.55. The summed E-state index contributed by atoms with van der Waals surface area (Å²) in [5, 5.41) is 1.07. The van der Waals surface area contributed by atoms with Crippen molar-refractivity contribution in [3.05, 3.63) is 35.9 Å². The van der Waals surface area contributed by atoms with Crippen molar-refractivity contribution in [1.82, 2.24) is 0 Å². The fourth-order valence-corrected chi connectivity index (χ4v) is 8.38. The van der Waals surface area contributed by atoms with Crippen LogP contribution in [0.3, 0.4) is 0 Å². The molecular formula is C16H28O3Si2. The van der Waals surface area contributed by atoms with Gasteiger partial charge in [0.2, 0.25) is 0 Å². The molecule has 5 heteroatoms. The molecule has 0 fully saturated rings. The zero-order valence-electron chi connectivity index (χ0n) is 14.2. The van der Waals surface area contributed by atoms with Gasteiger partial charge < -0.3 is 13.0 Å². The maximum absolute atomic E-state index is 6.45. The Balaban J connectivity index is 3.36. The summed E-state index contributed by atoms with van der Waals surface area (Å²) in [7, 11) is -4.66. The summed E-state index contributed by atoms with van der Waals surface area (Å²) >= 11 is 0. The van der Waals surface area contributed by atoms with E-state index in [1.807, 2.05) is 26.0 Å². The molecule has 0 spiro atoms. The molecule has 0 aliphatic heterocycles. The minimum Gasteiger partial charge on any atom is -0.413 e. The Hall–Kier alpha value is -0.726. The highest BCUT2D eigenvalue weighted by Crippen LogP contribution is 2.20. The standard InChI is InChI=1S/C16H28O3Si2/c1-8-15-11-12-16(14(4)13-15)21(17-9-2,18-10-3)19-20(5,6)7/h8,11-13H,1,9-10H2,2-7H3. The predicted octanol–water partition coefficient (Wildman–Crippen LogP) is 3.71. The Labute approximate surface area is 131 Å². The largest absolute Gasteiger partial charge is 0.526 e. The van der Waals surface area contributed by atoms with E-state index < -0.39 is 17.1 Å². The molecule has 0 aliphatic rings. The van der Waals surface area contributed by atoms with Gasteiger partial charge in [0.15, 0.2) is 8.32 Å². The van der Waals surface area contributed by atoms with E-state index in [4.69, 9.17) is 13.0 Å². The third kappa shape index (κ3) is 4.90. The molecule has 0 atom stereocenters. The Morgan fingerprint density at radius 1 is 1.10 bits per heavy atom. The van der Waals surface area contributed by atoms with Crippen molar-refractivity contribution in [2.45, 2.75) is 40.4 Å². The summed E-state index contributed by atoms with van der Waals surface area (Å²) < 4.78 is 18.6. The van der Waals surface area contributed by atoms with Gasteiger partial charge >= 0.3 is 8.80 Å². The average Bonchev–Trinajstić information content (AvgIpc) is 2.36. The zero-order chi connectivity index (χ0) is 16.1. The first kappa shape index (κ1) is 18.3. The van der Waals surface area contributed by atoms with Crippen LogP contribution in [-0.2, 0) is 13.0 Å². The summed E-state index contributed by atoms with van der Waals surface area (Å²) in [6.07, 6.45) is 1.85. The first-order chi connectivity index (χ1) is 9.78. The molecule has 1 aromatic carbocycles. The quantitative estimate of drug-likeness (QED) is 0.682. The SMILES string of the molecule is C=Cc1ccc([Si](OCC)(OCC)O[Si](C)(C)C)c(C)c1. The van der Waals surface area contributed by atoms with Crippen LogP contribution in [0.1, 0.15) is 25.0 Å². The second-order valence-electron chi connectivity index (χ2n) is 5.92. The molecule has 0 amide bonds. The number of hydrogen-bond acceptors (Lipinski definition) is 3. The van der Waals surface area contributed by atoms with Gasteiger partial charge in [-0.25, -0.2) is 0 Å². The monoisotopic (exact) mass is 324 g/mol. The van der Waals surface area contributed by atoms with Gasteiger partial charge in [-0.1, -0.05) is 30.9 Å². The molecule has 0 aliphatic carbocycles. The molecular weight excluding hydrogens is 296 g/mol. The highest BCUT2D eigenvalue weighted by atomic mass is 28.5. The van der Waals surface area contributed by atoms with Crippen LogP contribution in [-0.4, -0.2) is 30.3 Å². The molecule has 0 saturated carbocycles. The zero-order valence-corrected chi connectivity index (χ0v) is 16.2. The van der Waals surface area contributed by atoms with Crippen LogP contribution in [0.2, 0.25) is 19.6 Å². The van der Waals surface area contributed by atoms with Gasteiger partial charge in [0, 0.05) is 18.4 Å². The number of aryl methyl sites for hydroxylation is 1. The second kappa shape index (κ2) is 7.51. The van der Waals surface area contributed by atoms with Crippen molar-refractivity contribution in [3.8, 4) is 0 Å². The summed E-state index contributed by atoms with van der Waals surface area (Å²) in [5.74, 6) is 0. The van der Waals surface area contributed by atoms with E-state index in [1.165, 1.54) is 0 Å². The van der Waals surface area contributed by atoms with Crippen LogP contribution < -0.4 is 5.19 Å². The summed E-state index contributed by atoms with van der Waals surface area (Å²) in [4.78, 5) is 0. The van der Waals surface area contributed by atoms with E-state index in [0.29, 0.717) is 13.2 Å². The van der Waals surface area contributed by atoms with Crippen LogP contribution in [0.5, 0.6) is 0 Å². The predicted molar refractivity (Wildman–Crippen MR) is 94.3 cm³/mol. The second-order valence-corrected chi connectivity index (χ2v) is 13.2. The molecule has 0 N–H and O–H groups in total. The lowest BCUT2D eigenvalue weighted by atomic mass is 10.1. The number of rotatable bonds is 8. The molecule has 0 heterocycles. The summed E-state index contributed by atoms with van der Waals surface area (Å²) in [5.41, 5.74) is 2.24. The van der Waals surface area contributed by atoms with Crippen molar-refractivity contribution in [1.29, 1.82) is 0 Å². The van der Waals surface area contributed by atoms with Gasteiger partial charge in [0.25, 0.3) is 0 Å². The minimum atomic E-state index is -2.86. The molecule has 118 valence electrons. The van der Waals surface area contributed by atoms with Crippen LogP contribution in [0.15, 0.2) is 24.8 Å². The molecule has 0 radical (unpaired) electrons. The third-order valence-corrected chi connectivity index (χ3v) is 9.01. The van der Waals surface area contributed by atoms with E-state index >= 15 is 0 Å². The fraction of sp³-hybridized carbons (Fsp3) is 0.500. The fourth-order valence-electron chi connectivity index (χ4n) is 2.25. The van der Waals surface area contributed by atoms with E-state index in [1.54, 1.807) is 0 Å².